The summed E-state index contributed by atoms with van der Waals surface area (Å²) in [7, 11) is -3.57. The minimum absolute atomic E-state index is 0.204. The molecule has 1 heterocycles. The molecular weight excluding hydrogens is 499 g/mol. The summed E-state index contributed by atoms with van der Waals surface area (Å²) in [5.74, 6) is -0.743. The quantitative estimate of drug-likeness (QED) is 0.483. The number of aromatic nitrogens is 2. The summed E-state index contributed by atoms with van der Waals surface area (Å²) in [4.78, 5) is 12.7. The Bertz CT molecular complexity index is 1240. The molecular formula is C22H24BrFN4O3S. The van der Waals surface area contributed by atoms with Crippen molar-refractivity contribution < 1.29 is 17.6 Å². The number of halogens is 2. The molecule has 10 heteroatoms. The van der Waals surface area contributed by atoms with Gasteiger partial charge in [-0.25, -0.2) is 17.5 Å². The summed E-state index contributed by atoms with van der Waals surface area (Å²) in [6, 6.07) is 12.8. The van der Waals surface area contributed by atoms with E-state index in [0.29, 0.717) is 21.2 Å². The van der Waals surface area contributed by atoms with Crippen LogP contribution in [0.1, 0.15) is 42.3 Å². The molecule has 0 bridgehead atoms. The van der Waals surface area contributed by atoms with Crippen molar-refractivity contribution in [3.8, 4) is 0 Å². The lowest BCUT2D eigenvalue weighted by Gasteiger charge is -2.20. The van der Waals surface area contributed by atoms with E-state index >= 15 is 0 Å². The largest absolute Gasteiger partial charge is 0.304 e. The highest BCUT2D eigenvalue weighted by atomic mass is 79.9. The van der Waals surface area contributed by atoms with E-state index < -0.39 is 21.5 Å². The van der Waals surface area contributed by atoms with E-state index in [1.54, 1.807) is 63.4 Å². The minimum Gasteiger partial charge on any atom is -0.304 e. The van der Waals surface area contributed by atoms with Crippen molar-refractivity contribution in [2.24, 2.45) is 0 Å². The Labute approximate surface area is 195 Å². The first-order valence-electron chi connectivity index (χ1n) is 9.80. The Morgan fingerprint density at radius 3 is 2.56 bits per heavy atom. The molecule has 2 N–H and O–H groups in total. The van der Waals surface area contributed by atoms with Crippen molar-refractivity contribution in [2.75, 3.05) is 5.32 Å². The summed E-state index contributed by atoms with van der Waals surface area (Å²) in [6.07, 6.45) is 1.64. The molecule has 1 aromatic heterocycles. The van der Waals surface area contributed by atoms with Crippen LogP contribution in [0.2, 0.25) is 0 Å². The molecule has 0 atom stereocenters. The number of hydrogen-bond acceptors (Lipinski definition) is 4. The number of anilines is 1. The highest BCUT2D eigenvalue weighted by molar-refractivity contribution is 9.10. The van der Waals surface area contributed by atoms with E-state index in [4.69, 9.17) is 0 Å². The SMILES string of the molecule is CC(C)(C)NS(=O)(=O)Cc1cccc(C(=O)Nc2nn(Cc3ccccc3F)cc2Br)c1. The number of hydrogen-bond donors (Lipinski definition) is 2. The maximum absolute atomic E-state index is 13.9. The molecule has 3 aromatic rings. The smallest absolute Gasteiger partial charge is 0.256 e. The monoisotopic (exact) mass is 522 g/mol. The van der Waals surface area contributed by atoms with Crippen LogP contribution in [0, 0.1) is 5.82 Å². The Hall–Kier alpha value is -2.56. The van der Waals surface area contributed by atoms with Gasteiger partial charge in [0.2, 0.25) is 10.0 Å². The topological polar surface area (TPSA) is 93.1 Å². The summed E-state index contributed by atoms with van der Waals surface area (Å²) < 4.78 is 43.2. The molecule has 0 radical (unpaired) electrons. The van der Waals surface area contributed by atoms with Crippen LogP contribution in [0.25, 0.3) is 0 Å². The van der Waals surface area contributed by atoms with Crippen LogP contribution in [0.4, 0.5) is 10.2 Å². The predicted molar refractivity (Wildman–Crippen MR) is 125 cm³/mol. The zero-order valence-corrected chi connectivity index (χ0v) is 20.3. The predicted octanol–water partition coefficient (Wildman–Crippen LogP) is 4.30. The van der Waals surface area contributed by atoms with Gasteiger partial charge in [-0.05, 0) is 60.5 Å². The second-order valence-corrected chi connectivity index (χ2v) is 11.0. The van der Waals surface area contributed by atoms with Gasteiger partial charge in [-0.2, -0.15) is 5.10 Å². The molecule has 2 aromatic carbocycles. The summed E-state index contributed by atoms with van der Waals surface area (Å²) >= 11 is 3.35. The van der Waals surface area contributed by atoms with Crippen LogP contribution in [-0.4, -0.2) is 29.6 Å². The second kappa shape index (κ2) is 9.51. The first kappa shape index (κ1) is 24.1. The molecule has 0 aliphatic rings. The highest BCUT2D eigenvalue weighted by Crippen LogP contribution is 2.22. The molecule has 0 saturated heterocycles. The lowest BCUT2D eigenvalue weighted by molar-refractivity contribution is 0.102. The second-order valence-electron chi connectivity index (χ2n) is 8.38. The average molecular weight is 523 g/mol. The fraction of sp³-hybridized carbons (Fsp3) is 0.273. The van der Waals surface area contributed by atoms with Gasteiger partial charge >= 0.3 is 0 Å². The molecule has 7 nitrogen and oxygen atoms in total. The molecule has 0 aliphatic carbocycles. The van der Waals surface area contributed by atoms with E-state index in [1.807, 2.05) is 0 Å². The third-order valence-electron chi connectivity index (χ3n) is 4.25. The van der Waals surface area contributed by atoms with E-state index in [1.165, 1.54) is 16.8 Å². The van der Waals surface area contributed by atoms with Crippen molar-refractivity contribution in [3.05, 3.63) is 81.7 Å². The Balaban J connectivity index is 1.72. The molecule has 3 rings (SSSR count). The number of nitrogens with one attached hydrogen (secondary N) is 2. The van der Waals surface area contributed by atoms with Gasteiger partial charge in [0.15, 0.2) is 5.82 Å². The van der Waals surface area contributed by atoms with Crippen molar-refractivity contribution in [3.63, 3.8) is 0 Å². The normalized spacial score (nSPS) is 12.0. The van der Waals surface area contributed by atoms with Gasteiger partial charge in [-0.1, -0.05) is 30.3 Å². The first-order chi connectivity index (χ1) is 14.9. The summed E-state index contributed by atoms with van der Waals surface area (Å²) in [5, 5.41) is 7.00. The average Bonchev–Trinajstić information content (AvgIpc) is 3.00. The van der Waals surface area contributed by atoms with Crippen LogP contribution in [0.3, 0.4) is 0 Å². The fourth-order valence-electron chi connectivity index (χ4n) is 3.07. The van der Waals surface area contributed by atoms with Crippen molar-refractivity contribution >= 4 is 37.7 Å². The van der Waals surface area contributed by atoms with Gasteiger partial charge in [-0.15, -0.1) is 0 Å². The molecule has 0 unspecified atom stereocenters. The van der Waals surface area contributed by atoms with E-state index in [0.717, 1.165) is 0 Å². The third kappa shape index (κ3) is 6.72. The first-order valence-corrected chi connectivity index (χ1v) is 12.2. The summed E-state index contributed by atoms with van der Waals surface area (Å²) in [6.45, 7) is 5.49. The van der Waals surface area contributed by atoms with Crippen molar-refractivity contribution in [2.45, 2.75) is 38.6 Å². The van der Waals surface area contributed by atoms with Gasteiger partial charge in [0.1, 0.15) is 5.82 Å². The van der Waals surface area contributed by atoms with Gasteiger partial charge in [0, 0.05) is 22.9 Å². The van der Waals surface area contributed by atoms with Crippen molar-refractivity contribution in [1.82, 2.24) is 14.5 Å². The number of rotatable bonds is 7. The zero-order valence-electron chi connectivity index (χ0n) is 17.9. The maximum Gasteiger partial charge on any atom is 0.256 e. The Morgan fingerprint density at radius 2 is 1.88 bits per heavy atom. The van der Waals surface area contributed by atoms with Crippen LogP contribution in [-0.2, 0) is 22.3 Å². The molecule has 1 amide bonds. The number of amides is 1. The third-order valence-corrected chi connectivity index (χ3v) is 6.46. The van der Waals surface area contributed by atoms with E-state index in [2.05, 4.69) is 31.1 Å². The molecule has 170 valence electrons. The van der Waals surface area contributed by atoms with Crippen LogP contribution >= 0.6 is 15.9 Å². The lowest BCUT2D eigenvalue weighted by Crippen LogP contribution is -2.41. The van der Waals surface area contributed by atoms with Crippen LogP contribution in [0.15, 0.2) is 59.2 Å². The fourth-order valence-corrected chi connectivity index (χ4v) is 5.11. The van der Waals surface area contributed by atoms with E-state index in [-0.39, 0.29) is 23.9 Å². The highest BCUT2D eigenvalue weighted by Gasteiger charge is 2.21. The number of sulfonamides is 1. The molecule has 0 saturated carbocycles. The van der Waals surface area contributed by atoms with E-state index in [9.17, 15) is 17.6 Å². The summed E-state index contributed by atoms with van der Waals surface area (Å²) in [5.41, 5.74) is 0.655. The van der Waals surface area contributed by atoms with Gasteiger partial charge < -0.3 is 5.32 Å². The van der Waals surface area contributed by atoms with Crippen LogP contribution in [0.5, 0.6) is 0 Å². The Morgan fingerprint density at radius 1 is 1.16 bits per heavy atom. The lowest BCUT2D eigenvalue weighted by atomic mass is 10.1. The standard InChI is InChI=1S/C22H24BrFN4O3S/c1-22(2,3)27-32(30,31)14-15-7-6-9-16(11-15)21(29)25-20-18(23)13-28(26-20)12-17-8-4-5-10-19(17)24/h4-11,13,27H,12,14H2,1-3H3,(H,25,26,29). The zero-order chi connectivity index (χ0) is 23.5. The molecule has 0 spiro atoms. The number of nitrogens with zero attached hydrogens (tertiary/aromatic N) is 2. The molecule has 0 aliphatic heterocycles. The minimum atomic E-state index is -3.57. The van der Waals surface area contributed by atoms with Crippen molar-refractivity contribution in [1.29, 1.82) is 0 Å². The van der Waals surface area contributed by atoms with Crippen LogP contribution < -0.4 is 10.0 Å². The van der Waals surface area contributed by atoms with Gasteiger partial charge in [0.25, 0.3) is 5.91 Å². The molecule has 0 fully saturated rings. The number of carbonyl (C=O) groups is 1. The number of carbonyl (C=O) groups excluding carboxylic acids is 1. The van der Waals surface area contributed by atoms with Gasteiger partial charge in [-0.3, -0.25) is 9.48 Å². The van der Waals surface area contributed by atoms with Gasteiger partial charge in [0.05, 0.1) is 16.8 Å². The molecule has 32 heavy (non-hydrogen) atoms. The number of benzene rings is 2. The Kier molecular flexibility index (Phi) is 7.16. The maximum atomic E-state index is 13.9.